The first-order valence-electron chi connectivity index (χ1n) is 7.87. The Hall–Kier alpha value is -3.26. The lowest BCUT2D eigenvalue weighted by Crippen LogP contribution is -2.52. The molecule has 0 saturated heterocycles. The molecule has 0 aliphatic rings. The van der Waals surface area contributed by atoms with Crippen LogP contribution in [0.3, 0.4) is 0 Å². The second-order valence-corrected chi connectivity index (χ2v) is 5.44. The maximum atomic E-state index is 6.01. The van der Waals surface area contributed by atoms with Crippen LogP contribution in [-0.2, 0) is 17.1 Å². The fourth-order valence-electron chi connectivity index (χ4n) is 2.73. The van der Waals surface area contributed by atoms with Gasteiger partial charge in [-0.15, -0.1) is 0 Å². The molecule has 0 saturated carbocycles. The van der Waals surface area contributed by atoms with Crippen LogP contribution in [0.4, 0.5) is 0 Å². The van der Waals surface area contributed by atoms with Crippen LogP contribution in [-0.4, -0.2) is 40.9 Å². The monoisotopic (exact) mass is 335 g/mol. The third kappa shape index (κ3) is 2.83. The summed E-state index contributed by atoms with van der Waals surface area (Å²) in [7, 11) is 0. The highest BCUT2D eigenvalue weighted by Gasteiger charge is 2.39. The standard InChI is InChI=1S/C17H17N7O/c1-2-7-18-16(6-1)14-25-15-17(22-11-3-8-19-22,23-12-4-9-20-23)24-13-5-10-21-24/h1-13H,14-15H2. The van der Waals surface area contributed by atoms with Crippen molar-refractivity contribution in [1.82, 2.24) is 34.3 Å². The van der Waals surface area contributed by atoms with E-state index in [1.54, 1.807) is 38.8 Å². The predicted molar refractivity (Wildman–Crippen MR) is 89.3 cm³/mol. The van der Waals surface area contributed by atoms with E-state index in [4.69, 9.17) is 4.74 Å². The summed E-state index contributed by atoms with van der Waals surface area (Å²) in [5, 5.41) is 13.3. The Morgan fingerprint density at radius 3 is 1.80 bits per heavy atom. The molecule has 0 radical (unpaired) electrons. The van der Waals surface area contributed by atoms with Gasteiger partial charge in [0.05, 0.1) is 12.3 Å². The zero-order valence-corrected chi connectivity index (χ0v) is 13.5. The number of hydrogen-bond acceptors (Lipinski definition) is 5. The van der Waals surface area contributed by atoms with Crippen molar-refractivity contribution in [3.8, 4) is 0 Å². The lowest BCUT2D eigenvalue weighted by atomic mass is 10.3. The van der Waals surface area contributed by atoms with Crippen molar-refractivity contribution in [3.63, 3.8) is 0 Å². The molecule has 0 bridgehead atoms. The van der Waals surface area contributed by atoms with Crippen LogP contribution >= 0.6 is 0 Å². The van der Waals surface area contributed by atoms with Crippen LogP contribution in [0.5, 0.6) is 0 Å². The molecular weight excluding hydrogens is 318 g/mol. The summed E-state index contributed by atoms with van der Waals surface area (Å²) in [6.07, 6.45) is 12.5. The number of pyridine rings is 1. The number of rotatable bonds is 7. The molecule has 0 aromatic carbocycles. The van der Waals surface area contributed by atoms with Gasteiger partial charge in [0.2, 0.25) is 0 Å². The maximum absolute atomic E-state index is 6.01. The van der Waals surface area contributed by atoms with E-state index < -0.39 is 5.79 Å². The first-order valence-corrected chi connectivity index (χ1v) is 7.87. The van der Waals surface area contributed by atoms with E-state index in [0.717, 1.165) is 5.69 Å². The van der Waals surface area contributed by atoms with E-state index in [9.17, 15) is 0 Å². The highest BCUT2D eigenvalue weighted by molar-refractivity contribution is 5.02. The van der Waals surface area contributed by atoms with Crippen molar-refractivity contribution in [3.05, 3.63) is 85.5 Å². The lowest BCUT2D eigenvalue weighted by Gasteiger charge is -2.34. The van der Waals surface area contributed by atoms with Crippen LogP contribution in [0.25, 0.3) is 0 Å². The molecule has 0 atom stereocenters. The molecule has 126 valence electrons. The molecule has 0 aliphatic heterocycles. The molecule has 4 rings (SSSR count). The molecule has 4 aromatic heterocycles. The Morgan fingerprint density at radius 1 is 0.760 bits per heavy atom. The molecule has 8 nitrogen and oxygen atoms in total. The minimum absolute atomic E-state index is 0.272. The molecule has 0 N–H and O–H groups in total. The number of hydrogen-bond donors (Lipinski definition) is 0. The van der Waals surface area contributed by atoms with Crippen molar-refractivity contribution in [2.24, 2.45) is 0 Å². The van der Waals surface area contributed by atoms with Gasteiger partial charge in [0, 0.05) is 43.4 Å². The zero-order valence-electron chi connectivity index (χ0n) is 13.5. The van der Waals surface area contributed by atoms with Crippen LogP contribution in [0, 0.1) is 0 Å². The summed E-state index contributed by atoms with van der Waals surface area (Å²) in [6.45, 7) is 0.654. The van der Waals surface area contributed by atoms with Gasteiger partial charge in [-0.2, -0.15) is 15.3 Å². The van der Waals surface area contributed by atoms with Crippen LogP contribution in [0.2, 0.25) is 0 Å². The van der Waals surface area contributed by atoms with Crippen molar-refractivity contribution in [2.45, 2.75) is 12.4 Å². The SMILES string of the molecule is c1ccc(COCC(n2cccn2)(n2cccn2)n2cccn2)nc1. The average Bonchev–Trinajstić information content (AvgIpc) is 3.44. The van der Waals surface area contributed by atoms with E-state index >= 15 is 0 Å². The third-order valence-electron chi connectivity index (χ3n) is 3.89. The molecular formula is C17H17N7O. The lowest BCUT2D eigenvalue weighted by molar-refractivity contribution is -0.0183. The quantitative estimate of drug-likeness (QED) is 0.513. The zero-order chi connectivity index (χ0) is 17.0. The Bertz CT molecular complexity index is 786. The molecule has 0 aliphatic carbocycles. The Kier molecular flexibility index (Phi) is 4.09. The summed E-state index contributed by atoms with van der Waals surface area (Å²) in [6, 6.07) is 11.3. The Balaban J connectivity index is 1.70. The molecule has 4 heterocycles. The molecule has 4 aromatic rings. The molecule has 8 heteroatoms. The fourth-order valence-corrected chi connectivity index (χ4v) is 2.73. The minimum atomic E-state index is -0.884. The van der Waals surface area contributed by atoms with Gasteiger partial charge in [0.25, 0.3) is 5.79 Å². The predicted octanol–water partition coefficient (Wildman–Crippen LogP) is 1.59. The number of aromatic nitrogens is 7. The summed E-state index contributed by atoms with van der Waals surface area (Å²) in [4.78, 5) is 4.29. The highest BCUT2D eigenvalue weighted by Crippen LogP contribution is 2.21. The van der Waals surface area contributed by atoms with E-state index in [1.807, 2.05) is 55.0 Å². The van der Waals surface area contributed by atoms with Crippen LogP contribution in [0.15, 0.2) is 79.8 Å². The average molecular weight is 335 g/mol. The summed E-state index contributed by atoms with van der Waals surface area (Å²) < 4.78 is 11.4. The molecule has 0 fully saturated rings. The van der Waals surface area contributed by atoms with Gasteiger partial charge in [0.15, 0.2) is 0 Å². The van der Waals surface area contributed by atoms with Gasteiger partial charge < -0.3 is 4.74 Å². The topological polar surface area (TPSA) is 75.6 Å². The second-order valence-electron chi connectivity index (χ2n) is 5.44. The first-order chi connectivity index (χ1) is 12.4. The molecule has 25 heavy (non-hydrogen) atoms. The van der Waals surface area contributed by atoms with Gasteiger partial charge >= 0.3 is 0 Å². The molecule has 0 amide bonds. The normalized spacial score (nSPS) is 11.7. The van der Waals surface area contributed by atoms with E-state index in [0.29, 0.717) is 6.61 Å². The third-order valence-corrected chi connectivity index (χ3v) is 3.89. The summed E-state index contributed by atoms with van der Waals surface area (Å²) in [5.41, 5.74) is 0.859. The molecule has 0 unspecified atom stereocenters. The maximum Gasteiger partial charge on any atom is 0.273 e. The van der Waals surface area contributed by atoms with Crippen molar-refractivity contribution >= 4 is 0 Å². The number of ether oxygens (including phenoxy) is 1. The van der Waals surface area contributed by atoms with E-state index in [2.05, 4.69) is 20.3 Å². The fraction of sp³-hybridized carbons (Fsp3) is 0.176. The Morgan fingerprint density at radius 2 is 1.36 bits per heavy atom. The van der Waals surface area contributed by atoms with Crippen LogP contribution in [0.1, 0.15) is 5.69 Å². The second kappa shape index (κ2) is 6.70. The smallest absolute Gasteiger partial charge is 0.273 e. The minimum Gasteiger partial charge on any atom is -0.368 e. The van der Waals surface area contributed by atoms with Gasteiger partial charge in [-0.25, -0.2) is 14.0 Å². The van der Waals surface area contributed by atoms with E-state index in [1.165, 1.54) is 0 Å². The highest BCUT2D eigenvalue weighted by atomic mass is 16.5. The molecule has 0 spiro atoms. The summed E-state index contributed by atoms with van der Waals surface area (Å²) in [5.74, 6) is -0.884. The summed E-state index contributed by atoms with van der Waals surface area (Å²) >= 11 is 0. The van der Waals surface area contributed by atoms with Gasteiger partial charge in [-0.05, 0) is 30.3 Å². The number of nitrogens with zero attached hydrogens (tertiary/aromatic N) is 7. The van der Waals surface area contributed by atoms with Gasteiger partial charge in [-0.1, -0.05) is 6.07 Å². The van der Waals surface area contributed by atoms with Crippen molar-refractivity contribution < 1.29 is 4.74 Å². The Labute approximate surface area is 144 Å². The van der Waals surface area contributed by atoms with Crippen LogP contribution < -0.4 is 0 Å². The van der Waals surface area contributed by atoms with Gasteiger partial charge in [0.1, 0.15) is 6.61 Å². The van der Waals surface area contributed by atoms with Gasteiger partial charge in [-0.3, -0.25) is 4.98 Å². The van der Waals surface area contributed by atoms with Crippen molar-refractivity contribution in [1.29, 1.82) is 0 Å². The van der Waals surface area contributed by atoms with E-state index in [-0.39, 0.29) is 6.61 Å². The largest absolute Gasteiger partial charge is 0.368 e. The van der Waals surface area contributed by atoms with Crippen molar-refractivity contribution in [2.75, 3.05) is 6.61 Å². The first kappa shape index (κ1) is 15.3.